The molecule has 1 aliphatic heterocycles. The van der Waals surface area contributed by atoms with E-state index in [1.165, 1.54) is 6.33 Å². The van der Waals surface area contributed by atoms with Crippen LogP contribution in [0.3, 0.4) is 0 Å². The highest BCUT2D eigenvalue weighted by Gasteiger charge is 2.21. The second kappa shape index (κ2) is 15.0. The number of fused-ring (bicyclic) bond motifs is 2. The van der Waals surface area contributed by atoms with E-state index in [0.29, 0.717) is 68.9 Å². The van der Waals surface area contributed by atoms with Gasteiger partial charge in [-0.25, -0.2) is 19.6 Å². The summed E-state index contributed by atoms with van der Waals surface area (Å²) in [7, 11) is 0. The molecule has 0 aliphatic carbocycles. The Bertz CT molecular complexity index is 2350. The lowest BCUT2D eigenvalue weighted by Gasteiger charge is -2.19. The minimum absolute atomic E-state index is 0.0810. The number of hydrogen-bond donors (Lipinski definition) is 3. The van der Waals surface area contributed by atoms with Gasteiger partial charge < -0.3 is 21.1 Å². The van der Waals surface area contributed by atoms with E-state index in [9.17, 15) is 14.7 Å². The Balaban J connectivity index is 1.25. The Morgan fingerprint density at radius 2 is 1.82 bits per heavy atom. The van der Waals surface area contributed by atoms with Gasteiger partial charge in [0.2, 0.25) is 5.91 Å². The molecule has 0 spiro atoms. The van der Waals surface area contributed by atoms with Gasteiger partial charge in [0.25, 0.3) is 5.56 Å². The quantitative estimate of drug-likeness (QED) is 0.153. The molecule has 13 heteroatoms. The normalized spacial score (nSPS) is 13.2. The minimum atomic E-state index is -0.269. The number of anilines is 1. The van der Waals surface area contributed by atoms with Crippen molar-refractivity contribution in [1.82, 2.24) is 39.5 Å². The molecule has 258 valence electrons. The zero-order valence-corrected chi connectivity index (χ0v) is 28.6. The summed E-state index contributed by atoms with van der Waals surface area (Å²) in [4.78, 5) is 42.8. The fourth-order valence-corrected chi connectivity index (χ4v) is 6.52. The van der Waals surface area contributed by atoms with Gasteiger partial charge >= 0.3 is 0 Å². The van der Waals surface area contributed by atoms with E-state index in [1.807, 2.05) is 35.2 Å². The predicted octanol–water partition coefficient (Wildman–Crippen LogP) is 4.58. The number of amides is 1. The van der Waals surface area contributed by atoms with Crippen LogP contribution in [0.25, 0.3) is 33.2 Å². The molecule has 4 N–H and O–H groups in total. The van der Waals surface area contributed by atoms with E-state index in [-0.39, 0.29) is 36.1 Å². The fraction of sp³-hybridized carbons (Fsp3) is 0.263. The number of hydrogen-bond acceptors (Lipinski definition) is 9. The van der Waals surface area contributed by atoms with E-state index in [2.05, 4.69) is 27.1 Å². The number of phenols is 1. The molecule has 4 heterocycles. The first-order valence-corrected chi connectivity index (χ1v) is 17.2. The lowest BCUT2D eigenvalue weighted by atomic mass is 10.1. The minimum Gasteiger partial charge on any atom is -0.508 e. The average Bonchev–Trinajstić information content (AvgIpc) is 3.29. The van der Waals surface area contributed by atoms with Crippen molar-refractivity contribution in [1.29, 1.82) is 0 Å². The number of rotatable bonds is 8. The molecule has 0 radical (unpaired) electrons. The summed E-state index contributed by atoms with van der Waals surface area (Å²) in [6.45, 7) is 3.50. The smallest absolute Gasteiger partial charge is 0.263 e. The second-order valence-electron chi connectivity index (χ2n) is 12.4. The van der Waals surface area contributed by atoms with E-state index in [1.54, 1.807) is 45.6 Å². The second-order valence-corrected chi connectivity index (χ2v) is 12.8. The summed E-state index contributed by atoms with van der Waals surface area (Å²) >= 11 is 6.59. The maximum absolute atomic E-state index is 14.5. The zero-order chi connectivity index (χ0) is 35.3. The van der Waals surface area contributed by atoms with Gasteiger partial charge in [-0.3, -0.25) is 14.2 Å². The molecule has 3 aromatic carbocycles. The van der Waals surface area contributed by atoms with Gasteiger partial charge in [0.1, 0.15) is 36.0 Å². The number of nitrogens with two attached hydrogens (primary N) is 1. The van der Waals surface area contributed by atoms with Crippen molar-refractivity contribution in [2.45, 2.75) is 38.8 Å². The van der Waals surface area contributed by atoms with Crippen molar-refractivity contribution in [3.8, 4) is 28.8 Å². The number of nitrogen functional groups attached to an aromatic ring is 1. The summed E-state index contributed by atoms with van der Waals surface area (Å²) in [5.41, 5.74) is 9.58. The Morgan fingerprint density at radius 3 is 2.67 bits per heavy atom. The van der Waals surface area contributed by atoms with Crippen LogP contribution in [0.15, 0.2) is 77.9 Å². The van der Waals surface area contributed by atoms with Gasteiger partial charge in [-0.2, -0.15) is 5.10 Å². The third-order valence-electron chi connectivity index (χ3n) is 8.95. The summed E-state index contributed by atoms with van der Waals surface area (Å²) in [6, 6.07) is 19.4. The first kappa shape index (κ1) is 33.7. The number of benzene rings is 3. The highest BCUT2D eigenvalue weighted by molar-refractivity contribution is 6.31. The summed E-state index contributed by atoms with van der Waals surface area (Å²) in [5, 5.41) is 19.5. The van der Waals surface area contributed by atoms with Gasteiger partial charge in [-0.05, 0) is 67.4 Å². The van der Waals surface area contributed by atoms with Crippen LogP contribution in [-0.4, -0.2) is 71.4 Å². The van der Waals surface area contributed by atoms with Crippen molar-refractivity contribution < 1.29 is 9.90 Å². The Labute approximate surface area is 298 Å². The fourth-order valence-electron chi connectivity index (χ4n) is 6.33. The van der Waals surface area contributed by atoms with Crippen molar-refractivity contribution in [3.05, 3.63) is 105 Å². The molecule has 7 rings (SSSR count). The number of carbonyl (C=O) groups excluding carboxylic acids is 1. The van der Waals surface area contributed by atoms with Crippen LogP contribution in [0, 0.1) is 11.8 Å². The number of nitrogens with one attached hydrogen (secondary N) is 1. The monoisotopic (exact) mass is 701 g/mol. The molecule has 6 aromatic rings. The molecule has 0 atom stereocenters. The molecule has 0 saturated carbocycles. The standard InChI is InChI=1S/C38H36ClN9O3/c39-29-11-5-4-9-27(29)22-47-31(23-48-37-34(36(40)42-24-43-37)35(45-48)26-14-16-28(49)17-15-26)44-30-12-6-10-25(33(30)38(47)51)8-2-1-3-13-32(50)46-20-7-18-41-19-21-46/h4-6,9-12,14-17,24,41,49H,1,3,7,13,18-23H2,(H2,40,42,43). The average molecular weight is 702 g/mol. The molecule has 3 aromatic heterocycles. The number of carbonyl (C=O) groups is 1. The molecule has 0 bridgehead atoms. The Hall–Kier alpha value is -5.77. The first-order chi connectivity index (χ1) is 24.9. The van der Waals surface area contributed by atoms with Crippen molar-refractivity contribution in [2.24, 2.45) is 0 Å². The zero-order valence-electron chi connectivity index (χ0n) is 27.8. The van der Waals surface area contributed by atoms with Gasteiger partial charge in [0, 0.05) is 48.6 Å². The highest BCUT2D eigenvalue weighted by atomic mass is 35.5. The molecule has 0 unspecified atom stereocenters. The number of aromatic nitrogens is 6. The van der Waals surface area contributed by atoms with Crippen molar-refractivity contribution in [3.63, 3.8) is 0 Å². The maximum atomic E-state index is 14.5. The van der Waals surface area contributed by atoms with Gasteiger partial charge in [-0.1, -0.05) is 47.7 Å². The van der Waals surface area contributed by atoms with E-state index >= 15 is 0 Å². The number of unbranched alkanes of at least 4 members (excludes halogenated alkanes) is 1. The van der Waals surface area contributed by atoms with E-state index in [4.69, 9.17) is 27.4 Å². The van der Waals surface area contributed by atoms with Gasteiger partial charge in [-0.15, -0.1) is 0 Å². The number of halogens is 1. The third-order valence-corrected chi connectivity index (χ3v) is 9.32. The topological polar surface area (TPSA) is 157 Å². The summed E-state index contributed by atoms with van der Waals surface area (Å²) < 4.78 is 3.25. The molecule has 1 amide bonds. The Morgan fingerprint density at radius 1 is 0.980 bits per heavy atom. The molecule has 1 aliphatic rings. The summed E-state index contributed by atoms with van der Waals surface area (Å²) in [5.74, 6) is 7.33. The van der Waals surface area contributed by atoms with Crippen LogP contribution in [-0.2, 0) is 17.9 Å². The van der Waals surface area contributed by atoms with Gasteiger partial charge in [0.05, 0.1) is 22.8 Å². The number of aromatic hydroxyl groups is 1. The lowest BCUT2D eigenvalue weighted by molar-refractivity contribution is -0.131. The third kappa shape index (κ3) is 7.26. The number of nitrogens with zero attached hydrogens (tertiary/aromatic N) is 7. The van der Waals surface area contributed by atoms with E-state index < -0.39 is 0 Å². The molecule has 1 saturated heterocycles. The van der Waals surface area contributed by atoms with Crippen LogP contribution >= 0.6 is 11.6 Å². The summed E-state index contributed by atoms with van der Waals surface area (Å²) in [6.07, 6.45) is 3.92. The van der Waals surface area contributed by atoms with Crippen LogP contribution in [0.2, 0.25) is 5.02 Å². The van der Waals surface area contributed by atoms with Crippen LogP contribution < -0.4 is 16.6 Å². The first-order valence-electron chi connectivity index (χ1n) is 16.9. The van der Waals surface area contributed by atoms with Crippen LogP contribution in [0.5, 0.6) is 5.75 Å². The van der Waals surface area contributed by atoms with E-state index in [0.717, 1.165) is 38.2 Å². The SMILES string of the molecule is Nc1ncnc2c1c(-c1ccc(O)cc1)nn2Cc1nc2cccc(C#CCCCC(=O)N3CCCNCC3)c2c(=O)n1Cc1ccccc1Cl. The van der Waals surface area contributed by atoms with Crippen molar-refractivity contribution >= 4 is 45.3 Å². The lowest BCUT2D eigenvalue weighted by Crippen LogP contribution is -2.33. The maximum Gasteiger partial charge on any atom is 0.263 e. The van der Waals surface area contributed by atoms with Crippen LogP contribution in [0.4, 0.5) is 5.82 Å². The molecule has 1 fully saturated rings. The Kier molecular flexibility index (Phi) is 9.92. The highest BCUT2D eigenvalue weighted by Crippen LogP contribution is 2.31. The largest absolute Gasteiger partial charge is 0.508 e. The van der Waals surface area contributed by atoms with Crippen molar-refractivity contribution in [2.75, 3.05) is 31.9 Å². The van der Waals surface area contributed by atoms with Crippen LogP contribution in [0.1, 0.15) is 42.6 Å². The molecule has 51 heavy (non-hydrogen) atoms. The van der Waals surface area contributed by atoms with Gasteiger partial charge in [0.15, 0.2) is 5.65 Å². The molecular weight excluding hydrogens is 666 g/mol. The number of phenolic OH excluding ortho intramolecular Hbond substituents is 1. The predicted molar refractivity (Wildman–Crippen MR) is 197 cm³/mol. The molecular formula is C38H36ClN9O3. The molecule has 12 nitrogen and oxygen atoms in total.